The fourth-order valence-corrected chi connectivity index (χ4v) is 1.70. The van der Waals surface area contributed by atoms with E-state index in [0.717, 1.165) is 16.3 Å². The molecular formula is C13H20ClNO. The highest BCUT2D eigenvalue weighted by molar-refractivity contribution is 6.30. The molecule has 1 unspecified atom stereocenters. The van der Waals surface area contributed by atoms with Crippen LogP contribution in [0.1, 0.15) is 26.3 Å². The van der Waals surface area contributed by atoms with Crippen molar-refractivity contribution in [3.05, 3.63) is 28.8 Å². The van der Waals surface area contributed by atoms with E-state index in [4.69, 9.17) is 22.1 Å². The summed E-state index contributed by atoms with van der Waals surface area (Å²) in [4.78, 5) is 0. The molecule has 0 radical (unpaired) electrons. The van der Waals surface area contributed by atoms with E-state index in [-0.39, 0.29) is 11.5 Å². The van der Waals surface area contributed by atoms with Crippen molar-refractivity contribution >= 4 is 11.6 Å². The Morgan fingerprint density at radius 1 is 1.38 bits per heavy atom. The van der Waals surface area contributed by atoms with E-state index < -0.39 is 0 Å². The molecule has 1 aromatic carbocycles. The molecule has 2 N–H and O–H groups in total. The average Bonchev–Trinajstić information content (AvgIpc) is 2.14. The maximum atomic E-state index is 5.93. The second-order valence-electron chi connectivity index (χ2n) is 5.12. The summed E-state index contributed by atoms with van der Waals surface area (Å²) in [6.45, 7) is 8.85. The van der Waals surface area contributed by atoms with E-state index in [1.165, 1.54) is 0 Å². The van der Waals surface area contributed by atoms with Gasteiger partial charge in [-0.1, -0.05) is 32.4 Å². The highest BCUT2D eigenvalue weighted by Gasteiger charge is 2.25. The summed E-state index contributed by atoms with van der Waals surface area (Å²) >= 11 is 5.90. The Kier molecular flexibility index (Phi) is 4.22. The van der Waals surface area contributed by atoms with Crippen LogP contribution < -0.4 is 10.5 Å². The Morgan fingerprint density at radius 3 is 2.44 bits per heavy atom. The minimum Gasteiger partial charge on any atom is -0.488 e. The Hall–Kier alpha value is -0.730. The summed E-state index contributed by atoms with van der Waals surface area (Å²) in [5.74, 6) is 0.856. The molecule has 0 bridgehead atoms. The van der Waals surface area contributed by atoms with Crippen molar-refractivity contribution in [1.82, 2.24) is 0 Å². The highest BCUT2D eigenvalue weighted by atomic mass is 35.5. The van der Waals surface area contributed by atoms with Gasteiger partial charge in [-0.15, -0.1) is 0 Å². The smallest absolute Gasteiger partial charge is 0.122 e. The van der Waals surface area contributed by atoms with Gasteiger partial charge in [-0.2, -0.15) is 0 Å². The van der Waals surface area contributed by atoms with Gasteiger partial charge in [0.05, 0.1) is 0 Å². The number of hydrogen-bond acceptors (Lipinski definition) is 2. The van der Waals surface area contributed by atoms with Crippen molar-refractivity contribution in [2.45, 2.75) is 33.8 Å². The molecule has 0 saturated heterocycles. The van der Waals surface area contributed by atoms with Gasteiger partial charge in [-0.25, -0.2) is 0 Å². The van der Waals surface area contributed by atoms with Gasteiger partial charge in [0.25, 0.3) is 0 Å². The zero-order valence-corrected chi connectivity index (χ0v) is 11.1. The lowest BCUT2D eigenvalue weighted by Crippen LogP contribution is -2.38. The van der Waals surface area contributed by atoms with Crippen LogP contribution in [-0.2, 0) is 0 Å². The fourth-order valence-electron chi connectivity index (χ4n) is 1.48. The Balaban J connectivity index is 2.86. The number of ether oxygens (including phenoxy) is 1. The lowest BCUT2D eigenvalue weighted by atomic mass is 9.89. The minimum atomic E-state index is 0.00683. The van der Waals surface area contributed by atoms with Crippen molar-refractivity contribution in [2.24, 2.45) is 11.1 Å². The average molecular weight is 242 g/mol. The molecule has 0 aromatic heterocycles. The summed E-state index contributed by atoms with van der Waals surface area (Å²) in [6.07, 6.45) is 0.00683. The van der Waals surface area contributed by atoms with Gasteiger partial charge >= 0.3 is 0 Å². The molecule has 0 fully saturated rings. The Labute approximate surface area is 103 Å². The van der Waals surface area contributed by atoms with Crippen LogP contribution in [-0.4, -0.2) is 12.6 Å². The van der Waals surface area contributed by atoms with Crippen LogP contribution in [0.4, 0.5) is 0 Å². The van der Waals surface area contributed by atoms with Gasteiger partial charge in [-0.3, -0.25) is 0 Å². The van der Waals surface area contributed by atoms with E-state index in [1.54, 1.807) is 0 Å². The minimum absolute atomic E-state index is 0.00683. The van der Waals surface area contributed by atoms with Crippen LogP contribution >= 0.6 is 11.6 Å². The predicted octanol–water partition coefficient (Wildman–Crippen LogP) is 3.40. The third-order valence-electron chi connectivity index (χ3n) is 2.59. The molecule has 0 aliphatic carbocycles. The van der Waals surface area contributed by atoms with E-state index in [2.05, 4.69) is 20.8 Å². The molecule has 2 nitrogen and oxygen atoms in total. The molecule has 1 atom stereocenters. The third-order valence-corrected chi connectivity index (χ3v) is 2.82. The summed E-state index contributed by atoms with van der Waals surface area (Å²) in [5, 5.41) is 0.727. The van der Waals surface area contributed by atoms with Crippen molar-refractivity contribution in [2.75, 3.05) is 6.54 Å². The third kappa shape index (κ3) is 3.39. The summed E-state index contributed by atoms with van der Waals surface area (Å²) in [7, 11) is 0. The molecule has 3 heteroatoms. The van der Waals surface area contributed by atoms with E-state index in [1.807, 2.05) is 25.1 Å². The van der Waals surface area contributed by atoms with Crippen molar-refractivity contribution < 1.29 is 4.74 Å². The van der Waals surface area contributed by atoms with Crippen LogP contribution in [0.3, 0.4) is 0 Å². The van der Waals surface area contributed by atoms with Crippen LogP contribution in [0.5, 0.6) is 5.75 Å². The number of aryl methyl sites for hydroxylation is 1. The van der Waals surface area contributed by atoms with Gasteiger partial charge < -0.3 is 10.5 Å². The van der Waals surface area contributed by atoms with Gasteiger partial charge in [0, 0.05) is 17.0 Å². The first-order valence-corrected chi connectivity index (χ1v) is 5.85. The molecule has 0 aliphatic heterocycles. The fraction of sp³-hybridized carbons (Fsp3) is 0.538. The first-order chi connectivity index (χ1) is 7.34. The van der Waals surface area contributed by atoms with Crippen LogP contribution in [0.25, 0.3) is 0 Å². The van der Waals surface area contributed by atoms with Gasteiger partial charge in [0.1, 0.15) is 11.9 Å². The quantitative estimate of drug-likeness (QED) is 0.880. The topological polar surface area (TPSA) is 35.2 Å². The molecule has 90 valence electrons. The molecule has 0 spiro atoms. The van der Waals surface area contributed by atoms with E-state index >= 15 is 0 Å². The second-order valence-corrected chi connectivity index (χ2v) is 5.55. The van der Waals surface area contributed by atoms with E-state index in [0.29, 0.717) is 6.54 Å². The Morgan fingerprint density at radius 2 is 2.00 bits per heavy atom. The normalized spacial score (nSPS) is 13.6. The van der Waals surface area contributed by atoms with Crippen molar-refractivity contribution in [3.63, 3.8) is 0 Å². The van der Waals surface area contributed by atoms with Crippen molar-refractivity contribution in [3.8, 4) is 5.75 Å². The van der Waals surface area contributed by atoms with E-state index in [9.17, 15) is 0 Å². The van der Waals surface area contributed by atoms with Crippen LogP contribution in [0, 0.1) is 12.3 Å². The summed E-state index contributed by atoms with van der Waals surface area (Å²) in [5.41, 5.74) is 6.80. The summed E-state index contributed by atoms with van der Waals surface area (Å²) < 4.78 is 5.93. The maximum absolute atomic E-state index is 5.93. The molecular weight excluding hydrogens is 222 g/mol. The van der Waals surface area contributed by atoms with Gasteiger partial charge in [0.15, 0.2) is 0 Å². The Bertz CT molecular complexity index is 357. The van der Waals surface area contributed by atoms with Crippen molar-refractivity contribution in [1.29, 1.82) is 0 Å². The predicted molar refractivity (Wildman–Crippen MR) is 69.1 cm³/mol. The first-order valence-electron chi connectivity index (χ1n) is 5.47. The zero-order valence-electron chi connectivity index (χ0n) is 10.4. The molecule has 0 aliphatic rings. The maximum Gasteiger partial charge on any atom is 0.122 e. The zero-order chi connectivity index (χ0) is 12.3. The number of rotatable bonds is 3. The number of halogens is 1. The molecule has 1 rings (SSSR count). The molecule has 1 aromatic rings. The van der Waals surface area contributed by atoms with Gasteiger partial charge in [0.2, 0.25) is 0 Å². The SMILES string of the molecule is Cc1cc(Cl)ccc1OC(CN)C(C)(C)C. The van der Waals surface area contributed by atoms with Crippen LogP contribution in [0.15, 0.2) is 18.2 Å². The first kappa shape index (κ1) is 13.3. The standard InChI is InChI=1S/C13H20ClNO/c1-9-7-10(14)5-6-11(9)16-12(8-15)13(2,3)4/h5-7,12H,8,15H2,1-4H3. The molecule has 0 heterocycles. The molecule has 0 saturated carbocycles. The molecule has 0 amide bonds. The monoisotopic (exact) mass is 241 g/mol. The lowest BCUT2D eigenvalue weighted by molar-refractivity contribution is 0.0935. The summed E-state index contributed by atoms with van der Waals surface area (Å²) in [6, 6.07) is 5.62. The number of benzene rings is 1. The van der Waals surface area contributed by atoms with Gasteiger partial charge in [-0.05, 0) is 30.7 Å². The van der Waals surface area contributed by atoms with Crippen LogP contribution in [0.2, 0.25) is 5.02 Å². The second kappa shape index (κ2) is 5.07. The number of hydrogen-bond donors (Lipinski definition) is 1. The molecule has 16 heavy (non-hydrogen) atoms. The highest BCUT2D eigenvalue weighted by Crippen LogP contribution is 2.27. The number of nitrogens with two attached hydrogens (primary N) is 1. The lowest BCUT2D eigenvalue weighted by Gasteiger charge is -2.30. The largest absolute Gasteiger partial charge is 0.488 e.